The summed E-state index contributed by atoms with van der Waals surface area (Å²) < 4.78 is 0. The number of hydrogen-bond donors (Lipinski definition) is 1. The van der Waals surface area contributed by atoms with Crippen molar-refractivity contribution in [2.45, 2.75) is 56.6 Å². The summed E-state index contributed by atoms with van der Waals surface area (Å²) in [5, 5.41) is 11.7. The van der Waals surface area contributed by atoms with E-state index in [9.17, 15) is 5.11 Å². The summed E-state index contributed by atoms with van der Waals surface area (Å²) in [6.07, 6.45) is 7.41. The molecule has 1 aliphatic rings. The van der Waals surface area contributed by atoms with E-state index in [-0.39, 0.29) is 11.6 Å². The monoisotopic (exact) mass is 295 g/mol. The minimum Gasteiger partial charge on any atom is -0.391 e. The molecule has 1 aliphatic carbocycles. The first-order chi connectivity index (χ1) is 9.56. The molecule has 2 nitrogen and oxygen atoms in total. The van der Waals surface area contributed by atoms with Gasteiger partial charge in [0.15, 0.2) is 0 Å². The van der Waals surface area contributed by atoms with Crippen molar-refractivity contribution in [2.75, 3.05) is 14.1 Å². The number of hydrogen-bond acceptors (Lipinski definition) is 2. The van der Waals surface area contributed by atoms with Crippen molar-refractivity contribution in [1.82, 2.24) is 4.90 Å². The van der Waals surface area contributed by atoms with Crippen LogP contribution in [0.25, 0.3) is 0 Å². The summed E-state index contributed by atoms with van der Waals surface area (Å²) >= 11 is 6.24. The average Bonchev–Trinajstić information content (AvgIpc) is 2.68. The predicted molar refractivity (Wildman–Crippen MR) is 85.3 cm³/mol. The molecule has 0 heterocycles. The Balaban J connectivity index is 2.18. The van der Waals surface area contributed by atoms with E-state index in [4.69, 9.17) is 11.6 Å². The lowest BCUT2D eigenvalue weighted by Crippen LogP contribution is -2.54. The molecule has 1 aromatic carbocycles. The van der Waals surface area contributed by atoms with E-state index < -0.39 is 0 Å². The van der Waals surface area contributed by atoms with Crippen LogP contribution in [-0.4, -0.2) is 35.7 Å². The van der Waals surface area contributed by atoms with Gasteiger partial charge in [0.05, 0.1) is 6.10 Å². The number of aliphatic hydroxyl groups is 1. The average molecular weight is 296 g/mol. The molecule has 1 N–H and O–H groups in total. The van der Waals surface area contributed by atoms with E-state index in [1.54, 1.807) is 0 Å². The molecule has 3 heteroatoms. The largest absolute Gasteiger partial charge is 0.391 e. The topological polar surface area (TPSA) is 23.5 Å². The van der Waals surface area contributed by atoms with Gasteiger partial charge in [0.2, 0.25) is 0 Å². The molecule has 1 atom stereocenters. The van der Waals surface area contributed by atoms with Crippen LogP contribution in [-0.2, 0) is 6.42 Å². The Labute approximate surface area is 127 Å². The Kier molecular flexibility index (Phi) is 5.48. The number of rotatable bonds is 4. The normalized spacial score (nSPS) is 20.6. The summed E-state index contributed by atoms with van der Waals surface area (Å²) in [5.41, 5.74) is 0.947. The molecule has 1 unspecified atom stereocenters. The van der Waals surface area contributed by atoms with Crippen molar-refractivity contribution in [1.29, 1.82) is 0 Å². The van der Waals surface area contributed by atoms with E-state index in [2.05, 4.69) is 19.0 Å². The summed E-state index contributed by atoms with van der Waals surface area (Å²) in [6, 6.07) is 7.85. The summed E-state index contributed by atoms with van der Waals surface area (Å²) in [7, 11) is 4.20. The van der Waals surface area contributed by atoms with Crippen LogP contribution in [0.1, 0.15) is 44.1 Å². The van der Waals surface area contributed by atoms with Crippen LogP contribution in [0.15, 0.2) is 24.3 Å². The molecule has 112 valence electrons. The second-order valence-electron chi connectivity index (χ2n) is 6.22. The van der Waals surface area contributed by atoms with E-state index in [1.165, 1.54) is 25.7 Å². The quantitative estimate of drug-likeness (QED) is 0.852. The molecule has 2 rings (SSSR count). The van der Waals surface area contributed by atoms with Crippen molar-refractivity contribution in [3.05, 3.63) is 34.9 Å². The van der Waals surface area contributed by atoms with Crippen molar-refractivity contribution in [3.63, 3.8) is 0 Å². The Morgan fingerprint density at radius 2 is 1.75 bits per heavy atom. The van der Waals surface area contributed by atoms with Gasteiger partial charge in [-0.25, -0.2) is 0 Å². The van der Waals surface area contributed by atoms with Crippen LogP contribution in [0.4, 0.5) is 0 Å². The Morgan fingerprint density at radius 3 is 2.30 bits per heavy atom. The number of nitrogens with zero attached hydrogens (tertiary/aromatic N) is 1. The molecular formula is C17H26ClNO. The molecule has 1 aromatic rings. The van der Waals surface area contributed by atoms with E-state index in [0.717, 1.165) is 23.4 Å². The van der Waals surface area contributed by atoms with Gasteiger partial charge in [-0.1, -0.05) is 55.5 Å². The highest BCUT2D eigenvalue weighted by atomic mass is 35.5. The van der Waals surface area contributed by atoms with Gasteiger partial charge in [-0.15, -0.1) is 0 Å². The highest BCUT2D eigenvalue weighted by Gasteiger charge is 2.40. The molecule has 0 bridgehead atoms. The van der Waals surface area contributed by atoms with Crippen molar-refractivity contribution < 1.29 is 5.11 Å². The zero-order chi connectivity index (χ0) is 14.6. The summed E-state index contributed by atoms with van der Waals surface area (Å²) in [5.74, 6) is 0. The van der Waals surface area contributed by atoms with Gasteiger partial charge in [-0.05, 0) is 38.6 Å². The first-order valence-corrected chi connectivity index (χ1v) is 8.03. The zero-order valence-electron chi connectivity index (χ0n) is 12.6. The lowest BCUT2D eigenvalue weighted by atomic mass is 9.80. The fourth-order valence-corrected chi connectivity index (χ4v) is 3.69. The number of aliphatic hydroxyl groups excluding tert-OH is 1. The Morgan fingerprint density at radius 1 is 1.15 bits per heavy atom. The van der Waals surface area contributed by atoms with Crippen molar-refractivity contribution >= 4 is 11.6 Å². The standard InChI is InChI=1S/C17H26ClNO/c1-19(2)17(11-7-3-4-8-12-17)16(20)13-14-9-5-6-10-15(14)18/h5-6,9-10,16,20H,3-4,7-8,11-13H2,1-2H3. The first-order valence-electron chi connectivity index (χ1n) is 7.65. The second-order valence-corrected chi connectivity index (χ2v) is 6.63. The van der Waals surface area contributed by atoms with Gasteiger partial charge < -0.3 is 10.0 Å². The molecular weight excluding hydrogens is 270 g/mol. The highest BCUT2D eigenvalue weighted by Crippen LogP contribution is 2.35. The van der Waals surface area contributed by atoms with Crippen molar-refractivity contribution in [2.24, 2.45) is 0 Å². The van der Waals surface area contributed by atoms with Gasteiger partial charge in [-0.3, -0.25) is 0 Å². The Hall–Kier alpha value is -0.570. The SMILES string of the molecule is CN(C)C1(C(O)Cc2ccccc2Cl)CCCCCC1. The lowest BCUT2D eigenvalue weighted by molar-refractivity contribution is -0.0174. The Bertz CT molecular complexity index is 425. The van der Waals surface area contributed by atoms with E-state index >= 15 is 0 Å². The lowest BCUT2D eigenvalue weighted by Gasteiger charge is -2.43. The molecule has 0 radical (unpaired) electrons. The molecule has 0 aliphatic heterocycles. The fourth-order valence-electron chi connectivity index (χ4n) is 3.48. The van der Waals surface area contributed by atoms with Gasteiger partial charge in [0.25, 0.3) is 0 Å². The van der Waals surface area contributed by atoms with Gasteiger partial charge >= 0.3 is 0 Å². The maximum atomic E-state index is 10.9. The van der Waals surface area contributed by atoms with Crippen LogP contribution >= 0.6 is 11.6 Å². The molecule has 1 fully saturated rings. The molecule has 0 amide bonds. The van der Waals surface area contributed by atoms with Gasteiger partial charge in [0, 0.05) is 17.0 Å². The van der Waals surface area contributed by atoms with Crippen LogP contribution < -0.4 is 0 Å². The van der Waals surface area contributed by atoms with Crippen LogP contribution in [0, 0.1) is 0 Å². The maximum absolute atomic E-state index is 10.9. The molecule has 1 saturated carbocycles. The van der Waals surface area contributed by atoms with E-state index in [0.29, 0.717) is 6.42 Å². The number of benzene rings is 1. The molecule has 0 aromatic heterocycles. The third kappa shape index (κ3) is 3.36. The number of halogens is 1. The smallest absolute Gasteiger partial charge is 0.0764 e. The highest BCUT2D eigenvalue weighted by molar-refractivity contribution is 6.31. The second kappa shape index (κ2) is 6.93. The predicted octanol–water partition coefficient (Wildman–Crippen LogP) is 3.90. The van der Waals surface area contributed by atoms with E-state index in [1.807, 2.05) is 24.3 Å². The van der Waals surface area contributed by atoms with Crippen molar-refractivity contribution in [3.8, 4) is 0 Å². The minimum atomic E-state index is -0.365. The van der Waals surface area contributed by atoms with Crippen LogP contribution in [0.3, 0.4) is 0 Å². The molecule has 0 spiro atoms. The summed E-state index contributed by atoms with van der Waals surface area (Å²) in [4.78, 5) is 2.24. The van der Waals surface area contributed by atoms with Gasteiger partial charge in [-0.2, -0.15) is 0 Å². The van der Waals surface area contributed by atoms with Gasteiger partial charge in [0.1, 0.15) is 0 Å². The third-order valence-corrected chi connectivity index (χ3v) is 5.22. The maximum Gasteiger partial charge on any atom is 0.0764 e. The number of likely N-dealkylation sites (N-methyl/N-ethyl adjacent to an activating group) is 1. The molecule has 20 heavy (non-hydrogen) atoms. The van der Waals surface area contributed by atoms with Crippen LogP contribution in [0.2, 0.25) is 5.02 Å². The fraction of sp³-hybridized carbons (Fsp3) is 0.647. The van der Waals surface area contributed by atoms with Crippen LogP contribution in [0.5, 0.6) is 0 Å². The zero-order valence-corrected chi connectivity index (χ0v) is 13.4. The summed E-state index contributed by atoms with van der Waals surface area (Å²) in [6.45, 7) is 0. The molecule has 0 saturated heterocycles. The third-order valence-electron chi connectivity index (χ3n) is 4.85. The first kappa shape index (κ1) is 15.8. The minimum absolute atomic E-state index is 0.102.